The number of aldehydes is 1. The third-order valence-electron chi connectivity index (χ3n) is 1.79. The Morgan fingerprint density at radius 2 is 2.06 bits per heavy atom. The van der Waals surface area contributed by atoms with E-state index < -0.39 is 29.8 Å². The van der Waals surface area contributed by atoms with E-state index in [2.05, 4.69) is 25.7 Å². The largest absolute Gasteiger partial charge is 0.573 e. The number of hydrogen-bond donors (Lipinski definition) is 0. The Bertz CT molecular complexity index is 449. The number of ether oxygens (including phenoxy) is 1. The molecule has 0 aliphatic heterocycles. The highest BCUT2D eigenvalue weighted by atomic mass is 79.9. The molecule has 0 radical (unpaired) electrons. The van der Waals surface area contributed by atoms with Crippen molar-refractivity contribution in [3.8, 4) is 5.75 Å². The van der Waals surface area contributed by atoms with Crippen LogP contribution in [0.25, 0.3) is 0 Å². The number of carbonyl (C=O) groups is 1. The summed E-state index contributed by atoms with van der Waals surface area (Å²) in [6.45, 7) is 0. The first-order chi connectivity index (χ1) is 8.28. The van der Waals surface area contributed by atoms with Crippen LogP contribution in [0.3, 0.4) is 0 Å². The van der Waals surface area contributed by atoms with Gasteiger partial charge in [0.05, 0.1) is 11.3 Å². The Hall–Kier alpha value is -1.25. The summed E-state index contributed by atoms with van der Waals surface area (Å²) in [7, 11) is 0. The van der Waals surface area contributed by atoms with Gasteiger partial charge in [-0.05, 0) is 0 Å². The number of alkyl halides is 6. The van der Waals surface area contributed by atoms with Crippen molar-refractivity contribution in [2.45, 2.75) is 18.1 Å². The summed E-state index contributed by atoms with van der Waals surface area (Å²) in [5, 5.41) is -0.0555. The number of nitrogens with zero attached hydrogens (tertiary/aromatic N) is 1. The highest BCUT2D eigenvalue weighted by Crippen LogP contribution is 2.32. The number of carbonyl (C=O) groups excluding carboxylic acids is 1. The zero-order valence-electron chi connectivity index (χ0n) is 8.47. The quantitative estimate of drug-likeness (QED) is 0.480. The molecule has 18 heavy (non-hydrogen) atoms. The molecule has 0 aliphatic carbocycles. The standard InChI is InChI=1S/C9H5BrF5NO2/c10-2-4-1-6(18-9(13,14)15)5(3-17)7(16-4)8(11)12/h1,3,8H,2H2. The van der Waals surface area contributed by atoms with Gasteiger partial charge in [-0.2, -0.15) is 0 Å². The first kappa shape index (κ1) is 14.8. The van der Waals surface area contributed by atoms with Crippen LogP contribution in [0.5, 0.6) is 5.75 Å². The number of pyridine rings is 1. The van der Waals surface area contributed by atoms with Gasteiger partial charge in [0.25, 0.3) is 6.43 Å². The van der Waals surface area contributed by atoms with Crippen LogP contribution >= 0.6 is 15.9 Å². The average Bonchev–Trinajstić information content (AvgIpc) is 2.25. The van der Waals surface area contributed by atoms with E-state index in [4.69, 9.17) is 0 Å². The number of aromatic nitrogens is 1. The molecule has 0 bridgehead atoms. The van der Waals surface area contributed by atoms with Crippen molar-refractivity contribution >= 4 is 22.2 Å². The molecule has 0 spiro atoms. The zero-order valence-corrected chi connectivity index (χ0v) is 10.1. The molecule has 0 atom stereocenters. The van der Waals surface area contributed by atoms with Gasteiger partial charge in [0.15, 0.2) is 6.29 Å². The van der Waals surface area contributed by atoms with Gasteiger partial charge in [0.2, 0.25) is 0 Å². The lowest BCUT2D eigenvalue weighted by Crippen LogP contribution is -2.19. The molecule has 0 saturated carbocycles. The molecular weight excluding hydrogens is 329 g/mol. The molecule has 1 aromatic rings. The number of hydrogen-bond acceptors (Lipinski definition) is 3. The van der Waals surface area contributed by atoms with Crippen LogP contribution in [0.4, 0.5) is 22.0 Å². The van der Waals surface area contributed by atoms with Gasteiger partial charge in [0, 0.05) is 11.4 Å². The minimum Gasteiger partial charge on any atom is -0.405 e. The van der Waals surface area contributed by atoms with Crippen molar-refractivity contribution in [2.75, 3.05) is 0 Å². The molecule has 0 saturated heterocycles. The van der Waals surface area contributed by atoms with E-state index in [-0.39, 0.29) is 17.3 Å². The van der Waals surface area contributed by atoms with Crippen molar-refractivity contribution in [3.63, 3.8) is 0 Å². The lowest BCUT2D eigenvalue weighted by Gasteiger charge is -2.14. The fourth-order valence-corrected chi connectivity index (χ4v) is 1.45. The lowest BCUT2D eigenvalue weighted by molar-refractivity contribution is -0.274. The average molecular weight is 334 g/mol. The molecule has 0 aromatic carbocycles. The normalized spacial score (nSPS) is 11.7. The maximum absolute atomic E-state index is 12.6. The molecule has 1 rings (SSSR count). The highest BCUT2D eigenvalue weighted by Gasteiger charge is 2.33. The minimum absolute atomic E-state index is 0.0555. The van der Waals surface area contributed by atoms with Crippen molar-refractivity contribution in [2.24, 2.45) is 0 Å². The van der Waals surface area contributed by atoms with Crippen LogP contribution < -0.4 is 4.74 Å². The van der Waals surface area contributed by atoms with E-state index in [0.29, 0.717) is 0 Å². The van der Waals surface area contributed by atoms with Crippen molar-refractivity contribution < 1.29 is 31.5 Å². The van der Waals surface area contributed by atoms with E-state index in [0.717, 1.165) is 6.07 Å². The van der Waals surface area contributed by atoms with Gasteiger partial charge >= 0.3 is 6.36 Å². The van der Waals surface area contributed by atoms with Crippen molar-refractivity contribution in [3.05, 3.63) is 23.0 Å². The molecule has 1 aromatic heterocycles. The van der Waals surface area contributed by atoms with E-state index >= 15 is 0 Å². The highest BCUT2D eigenvalue weighted by molar-refractivity contribution is 9.08. The van der Waals surface area contributed by atoms with Crippen molar-refractivity contribution in [1.29, 1.82) is 0 Å². The van der Waals surface area contributed by atoms with Gasteiger partial charge < -0.3 is 4.74 Å². The summed E-state index contributed by atoms with van der Waals surface area (Å²) < 4.78 is 64.9. The molecule has 0 N–H and O–H groups in total. The summed E-state index contributed by atoms with van der Waals surface area (Å²) in [5.74, 6) is -0.989. The van der Waals surface area contributed by atoms with Gasteiger partial charge in [-0.3, -0.25) is 4.79 Å². The van der Waals surface area contributed by atoms with Gasteiger partial charge in [-0.1, -0.05) is 15.9 Å². The van der Waals surface area contributed by atoms with Crippen LogP contribution in [0, 0.1) is 0 Å². The maximum Gasteiger partial charge on any atom is 0.573 e. The zero-order chi connectivity index (χ0) is 13.9. The lowest BCUT2D eigenvalue weighted by atomic mass is 10.1. The first-order valence-corrected chi connectivity index (χ1v) is 5.49. The third-order valence-corrected chi connectivity index (χ3v) is 2.36. The number of halogens is 6. The topological polar surface area (TPSA) is 39.2 Å². The second kappa shape index (κ2) is 5.59. The Morgan fingerprint density at radius 1 is 1.44 bits per heavy atom. The van der Waals surface area contributed by atoms with Gasteiger partial charge in [-0.15, -0.1) is 13.2 Å². The first-order valence-electron chi connectivity index (χ1n) is 4.37. The summed E-state index contributed by atoms with van der Waals surface area (Å²) in [6, 6.07) is 0.776. The molecule has 9 heteroatoms. The maximum atomic E-state index is 12.6. The second-order valence-electron chi connectivity index (χ2n) is 3.01. The van der Waals surface area contributed by atoms with E-state index in [1.165, 1.54) is 0 Å². The van der Waals surface area contributed by atoms with Crippen LogP contribution in [0.1, 0.15) is 28.2 Å². The van der Waals surface area contributed by atoms with Crippen LogP contribution in [-0.4, -0.2) is 17.6 Å². The fraction of sp³-hybridized carbons (Fsp3) is 0.333. The Morgan fingerprint density at radius 3 is 2.44 bits per heavy atom. The molecule has 3 nitrogen and oxygen atoms in total. The molecule has 0 amide bonds. The Kier molecular flexibility index (Phi) is 4.60. The van der Waals surface area contributed by atoms with E-state index in [9.17, 15) is 26.7 Å². The predicted octanol–water partition coefficient (Wildman–Crippen LogP) is 3.63. The fourth-order valence-electron chi connectivity index (χ4n) is 1.16. The smallest absolute Gasteiger partial charge is 0.405 e. The summed E-state index contributed by atoms with van der Waals surface area (Å²) in [5.41, 5.74) is -2.05. The molecule has 0 fully saturated rings. The van der Waals surface area contributed by atoms with E-state index in [1.54, 1.807) is 0 Å². The predicted molar refractivity (Wildman–Crippen MR) is 53.9 cm³/mol. The Balaban J connectivity index is 3.37. The minimum atomic E-state index is -5.08. The third kappa shape index (κ3) is 3.62. The van der Waals surface area contributed by atoms with Gasteiger partial charge in [-0.25, -0.2) is 13.8 Å². The molecule has 0 unspecified atom stereocenters. The van der Waals surface area contributed by atoms with Crippen LogP contribution in [0.15, 0.2) is 6.07 Å². The second-order valence-corrected chi connectivity index (χ2v) is 3.57. The molecular formula is C9H5BrF5NO2. The SMILES string of the molecule is O=Cc1c(OC(F)(F)F)cc(CBr)nc1C(F)F. The summed E-state index contributed by atoms with van der Waals surface area (Å²) >= 11 is 2.87. The number of rotatable bonds is 4. The molecule has 100 valence electrons. The molecule has 1 heterocycles. The van der Waals surface area contributed by atoms with Crippen molar-refractivity contribution in [1.82, 2.24) is 4.98 Å². The Labute approximate surface area is 106 Å². The van der Waals surface area contributed by atoms with Crippen LogP contribution in [-0.2, 0) is 5.33 Å². The molecule has 0 aliphatic rings. The van der Waals surface area contributed by atoms with Gasteiger partial charge in [0.1, 0.15) is 11.4 Å². The summed E-state index contributed by atoms with van der Waals surface area (Å²) in [6.07, 6.45) is -8.41. The van der Waals surface area contributed by atoms with E-state index in [1.807, 2.05) is 0 Å². The monoisotopic (exact) mass is 333 g/mol. The van der Waals surface area contributed by atoms with Crippen LogP contribution in [0.2, 0.25) is 0 Å². The summed E-state index contributed by atoms with van der Waals surface area (Å²) in [4.78, 5) is 14.0.